The molecule has 5 rings (SSSR count). The van der Waals surface area contributed by atoms with Crippen molar-refractivity contribution in [1.82, 2.24) is 23.9 Å². The van der Waals surface area contributed by atoms with Gasteiger partial charge in [0.15, 0.2) is 11.5 Å². The zero-order chi connectivity index (χ0) is 20.1. The fraction of sp³-hybridized carbons (Fsp3) is 0.0952. The van der Waals surface area contributed by atoms with Crippen LogP contribution in [0.4, 0.5) is 10.2 Å². The molecule has 0 fully saturated rings. The van der Waals surface area contributed by atoms with Crippen molar-refractivity contribution in [3.05, 3.63) is 66.5 Å². The molecule has 0 aliphatic heterocycles. The van der Waals surface area contributed by atoms with E-state index in [1.54, 1.807) is 24.7 Å². The second kappa shape index (κ2) is 6.39. The molecule has 3 heterocycles. The molecule has 0 amide bonds. The van der Waals surface area contributed by atoms with Crippen molar-refractivity contribution in [3.8, 4) is 22.5 Å². The summed E-state index contributed by atoms with van der Waals surface area (Å²) >= 11 is 0. The summed E-state index contributed by atoms with van der Waals surface area (Å²) in [6.07, 6.45) is 3.50. The molecule has 0 spiro atoms. The summed E-state index contributed by atoms with van der Waals surface area (Å²) in [6, 6.07) is 12.0. The van der Waals surface area contributed by atoms with Crippen LogP contribution in [-0.4, -0.2) is 29.0 Å². The van der Waals surface area contributed by atoms with Crippen molar-refractivity contribution in [2.24, 2.45) is 7.05 Å². The smallest absolute Gasteiger partial charge is 0.180 e. The van der Waals surface area contributed by atoms with Crippen LogP contribution in [0.2, 0.25) is 0 Å². The highest BCUT2D eigenvalue weighted by Gasteiger charge is 2.19. The molecule has 0 saturated heterocycles. The van der Waals surface area contributed by atoms with E-state index in [2.05, 4.69) is 15.0 Å². The van der Waals surface area contributed by atoms with Crippen molar-refractivity contribution in [3.63, 3.8) is 0 Å². The van der Waals surface area contributed by atoms with E-state index in [0.29, 0.717) is 17.0 Å². The Kier molecular flexibility index (Phi) is 3.82. The van der Waals surface area contributed by atoms with Crippen LogP contribution >= 0.6 is 0 Å². The zero-order valence-electron chi connectivity index (χ0n) is 15.5. The van der Waals surface area contributed by atoms with E-state index in [4.69, 9.17) is 5.73 Å². The van der Waals surface area contributed by atoms with Gasteiger partial charge in [0.2, 0.25) is 0 Å². The lowest BCUT2D eigenvalue weighted by atomic mass is 10.0. The Bertz CT molecular complexity index is 1370. The van der Waals surface area contributed by atoms with E-state index in [0.717, 1.165) is 27.9 Å². The number of nitrogens with two attached hydrogens (primary N) is 1. The molecule has 7 nitrogen and oxygen atoms in total. The van der Waals surface area contributed by atoms with Gasteiger partial charge in [0.1, 0.15) is 5.82 Å². The Labute approximate surface area is 164 Å². The van der Waals surface area contributed by atoms with E-state index in [9.17, 15) is 9.50 Å². The molecule has 0 aliphatic carbocycles. The van der Waals surface area contributed by atoms with Gasteiger partial charge in [-0.1, -0.05) is 6.07 Å². The summed E-state index contributed by atoms with van der Waals surface area (Å²) in [4.78, 5) is 13.3. The van der Waals surface area contributed by atoms with Gasteiger partial charge in [0.05, 0.1) is 41.0 Å². The largest absolute Gasteiger partial charge is 0.390 e. The maximum atomic E-state index is 13.5. The first-order chi connectivity index (χ1) is 14.0. The van der Waals surface area contributed by atoms with Crippen molar-refractivity contribution in [2.45, 2.75) is 6.61 Å². The van der Waals surface area contributed by atoms with E-state index in [-0.39, 0.29) is 18.2 Å². The van der Waals surface area contributed by atoms with Gasteiger partial charge in [-0.15, -0.1) is 0 Å². The van der Waals surface area contributed by atoms with Gasteiger partial charge in [0, 0.05) is 24.4 Å². The maximum Gasteiger partial charge on any atom is 0.180 e. The number of hydrogen-bond acceptors (Lipinski definition) is 5. The van der Waals surface area contributed by atoms with E-state index in [1.807, 2.05) is 34.2 Å². The number of rotatable bonds is 3. The van der Waals surface area contributed by atoms with Gasteiger partial charge >= 0.3 is 0 Å². The van der Waals surface area contributed by atoms with Crippen molar-refractivity contribution in [1.29, 1.82) is 0 Å². The molecule has 0 atom stereocenters. The minimum absolute atomic E-state index is 0.215. The van der Waals surface area contributed by atoms with Crippen LogP contribution in [0.3, 0.4) is 0 Å². The number of anilines is 1. The number of aromatic nitrogens is 5. The number of fused-ring (bicyclic) bond motifs is 2. The Hall–Kier alpha value is -3.78. The Morgan fingerprint density at radius 1 is 1.07 bits per heavy atom. The fourth-order valence-electron chi connectivity index (χ4n) is 3.55. The molecule has 0 bridgehead atoms. The number of aliphatic hydroxyl groups excluding tert-OH is 1. The number of imidazole rings is 2. The highest BCUT2D eigenvalue weighted by Crippen LogP contribution is 2.34. The SMILES string of the molecule is Cn1cnc2ccc(-c3c(-c4ccc(F)cc4)nc(N)c4nc(CO)cn34)cc21. The number of hydrogen-bond donors (Lipinski definition) is 2. The fourth-order valence-corrected chi connectivity index (χ4v) is 3.55. The molecule has 144 valence electrons. The predicted molar refractivity (Wildman–Crippen MR) is 108 cm³/mol. The number of nitrogen functional groups attached to an aromatic ring is 1. The molecule has 0 unspecified atom stereocenters. The number of nitrogens with zero attached hydrogens (tertiary/aromatic N) is 5. The van der Waals surface area contributed by atoms with Crippen molar-refractivity contribution >= 4 is 22.5 Å². The minimum Gasteiger partial charge on any atom is -0.390 e. The third-order valence-electron chi connectivity index (χ3n) is 4.96. The highest BCUT2D eigenvalue weighted by atomic mass is 19.1. The molecular formula is C21H17FN6O. The first kappa shape index (κ1) is 17.3. The molecule has 0 saturated carbocycles. The summed E-state index contributed by atoms with van der Waals surface area (Å²) in [5.41, 5.74) is 11.9. The zero-order valence-corrected chi connectivity index (χ0v) is 15.5. The second-order valence-electron chi connectivity index (χ2n) is 6.84. The average Bonchev–Trinajstić information content (AvgIpc) is 3.33. The maximum absolute atomic E-state index is 13.5. The molecule has 5 aromatic rings. The van der Waals surface area contributed by atoms with Gasteiger partial charge in [0.25, 0.3) is 0 Å². The van der Waals surface area contributed by atoms with Gasteiger partial charge in [-0.25, -0.2) is 19.3 Å². The molecule has 3 aromatic heterocycles. The number of halogens is 1. The summed E-state index contributed by atoms with van der Waals surface area (Å²) in [5, 5.41) is 9.57. The monoisotopic (exact) mass is 388 g/mol. The van der Waals surface area contributed by atoms with Crippen LogP contribution in [0, 0.1) is 5.82 Å². The van der Waals surface area contributed by atoms with Crippen LogP contribution in [0.15, 0.2) is 55.0 Å². The summed E-state index contributed by atoms with van der Waals surface area (Å²) < 4.78 is 17.3. The van der Waals surface area contributed by atoms with Crippen LogP contribution in [0.5, 0.6) is 0 Å². The van der Waals surface area contributed by atoms with Crippen molar-refractivity contribution < 1.29 is 9.50 Å². The van der Waals surface area contributed by atoms with Gasteiger partial charge < -0.3 is 15.4 Å². The first-order valence-electron chi connectivity index (χ1n) is 9.01. The summed E-state index contributed by atoms with van der Waals surface area (Å²) in [7, 11) is 1.93. The molecule has 2 aromatic carbocycles. The van der Waals surface area contributed by atoms with E-state index >= 15 is 0 Å². The summed E-state index contributed by atoms with van der Waals surface area (Å²) in [6.45, 7) is -0.215. The third-order valence-corrected chi connectivity index (χ3v) is 4.96. The van der Waals surface area contributed by atoms with Crippen molar-refractivity contribution in [2.75, 3.05) is 5.73 Å². The molecule has 8 heteroatoms. The lowest BCUT2D eigenvalue weighted by Gasteiger charge is -2.14. The predicted octanol–water partition coefficient (Wildman–Crippen LogP) is 3.16. The van der Waals surface area contributed by atoms with Crippen LogP contribution in [-0.2, 0) is 13.7 Å². The molecule has 29 heavy (non-hydrogen) atoms. The van der Waals surface area contributed by atoms with Crippen LogP contribution in [0.1, 0.15) is 5.69 Å². The Morgan fingerprint density at radius 2 is 1.83 bits per heavy atom. The summed E-state index contributed by atoms with van der Waals surface area (Å²) in [5.74, 6) is -0.0970. The number of aliphatic hydroxyl groups is 1. The van der Waals surface area contributed by atoms with Gasteiger partial charge in [-0.2, -0.15) is 0 Å². The Balaban J connectivity index is 1.88. The molecular weight excluding hydrogens is 371 g/mol. The second-order valence-corrected chi connectivity index (χ2v) is 6.84. The quantitative estimate of drug-likeness (QED) is 0.495. The Morgan fingerprint density at radius 3 is 2.59 bits per heavy atom. The van der Waals surface area contributed by atoms with Crippen LogP contribution in [0.25, 0.3) is 39.2 Å². The average molecular weight is 388 g/mol. The van der Waals surface area contributed by atoms with Gasteiger partial charge in [-0.3, -0.25) is 4.40 Å². The van der Waals surface area contributed by atoms with Crippen LogP contribution < -0.4 is 5.73 Å². The minimum atomic E-state index is -0.328. The first-order valence-corrected chi connectivity index (χ1v) is 9.01. The highest BCUT2D eigenvalue weighted by molar-refractivity contribution is 5.88. The number of aryl methyl sites for hydroxylation is 1. The topological polar surface area (TPSA) is 94.3 Å². The standard InChI is InChI=1S/C21H17FN6O/c1-27-11-24-16-7-4-13(8-17(16)27)19-18(12-2-5-14(22)6-3-12)26-20(23)21-25-15(10-29)9-28(19)21/h2-9,11,29H,10H2,1H3,(H2,23,26). The molecule has 0 aliphatic rings. The molecule has 3 N–H and O–H groups in total. The lowest BCUT2D eigenvalue weighted by Crippen LogP contribution is -2.03. The normalized spacial score (nSPS) is 11.6. The van der Waals surface area contributed by atoms with E-state index in [1.165, 1.54) is 12.1 Å². The molecule has 0 radical (unpaired) electrons. The number of benzene rings is 2. The lowest BCUT2D eigenvalue weighted by molar-refractivity contribution is 0.277. The van der Waals surface area contributed by atoms with Gasteiger partial charge in [-0.05, 0) is 36.4 Å². The third kappa shape index (κ3) is 2.73. The van der Waals surface area contributed by atoms with E-state index < -0.39 is 0 Å².